The molecule has 6 heavy (non-hydrogen) atoms. The standard InChI is InChI=1S/Ca.O3Si.Zr/c;1-4(2)3;/q+2;-2;+2. The second-order valence-corrected chi connectivity index (χ2v) is 0.750. The summed E-state index contributed by atoms with van der Waals surface area (Å²) in [5.74, 6) is 0. The van der Waals surface area contributed by atoms with E-state index in [0.717, 1.165) is 0 Å². The molecule has 0 aliphatic heterocycles. The second kappa shape index (κ2) is 9.90. The molecule has 0 saturated carbocycles. The molecule has 0 aromatic rings. The van der Waals surface area contributed by atoms with Gasteiger partial charge in [-0.15, -0.1) is 0 Å². The van der Waals surface area contributed by atoms with E-state index in [1.165, 1.54) is 0 Å². The topological polar surface area (TPSA) is 63.2 Å². The first-order valence-electron chi connectivity index (χ1n) is 0.612. The van der Waals surface area contributed by atoms with Gasteiger partial charge in [-0.25, -0.2) is 0 Å². The van der Waals surface area contributed by atoms with Gasteiger partial charge < -0.3 is 14.1 Å². The summed E-state index contributed by atoms with van der Waals surface area (Å²) < 4.78 is 8.52. The Morgan fingerprint density at radius 2 is 1.33 bits per heavy atom. The van der Waals surface area contributed by atoms with Gasteiger partial charge in [-0.2, -0.15) is 0 Å². The summed E-state index contributed by atoms with van der Waals surface area (Å²) in [6.07, 6.45) is 0. The molecule has 0 fully saturated rings. The van der Waals surface area contributed by atoms with E-state index in [1.54, 1.807) is 0 Å². The van der Waals surface area contributed by atoms with Crippen LogP contribution in [0.2, 0.25) is 0 Å². The van der Waals surface area contributed by atoms with Crippen LogP contribution in [0.15, 0.2) is 0 Å². The average molecular weight is 207 g/mol. The zero-order chi connectivity index (χ0) is 3.58. The van der Waals surface area contributed by atoms with Gasteiger partial charge in [0.2, 0.25) is 0 Å². The van der Waals surface area contributed by atoms with Crippen molar-refractivity contribution >= 4 is 46.9 Å². The van der Waals surface area contributed by atoms with E-state index in [2.05, 4.69) is 0 Å². The van der Waals surface area contributed by atoms with Crippen LogP contribution in [0.4, 0.5) is 0 Å². The van der Waals surface area contributed by atoms with Gasteiger partial charge in [-0.05, 0) is 0 Å². The average Bonchev–Trinajstić information content (AvgIpc) is 0.811. The maximum atomic E-state index is 8.52. The van der Waals surface area contributed by atoms with E-state index in [0.29, 0.717) is 0 Å². The van der Waals surface area contributed by atoms with Crippen LogP contribution in [0.1, 0.15) is 0 Å². The fourth-order valence-electron chi connectivity index (χ4n) is 0. The smallest absolute Gasteiger partial charge is 0.672 e. The Labute approximate surface area is 85.8 Å². The summed E-state index contributed by atoms with van der Waals surface area (Å²) in [6.45, 7) is 0. The van der Waals surface area contributed by atoms with Crippen LogP contribution in [0.5, 0.6) is 0 Å². The third-order valence-electron chi connectivity index (χ3n) is 0. The van der Waals surface area contributed by atoms with Gasteiger partial charge in [0.05, 0.1) is 0 Å². The predicted molar refractivity (Wildman–Crippen MR) is 12.2 cm³/mol. The van der Waals surface area contributed by atoms with E-state index in [1.807, 2.05) is 0 Å². The van der Waals surface area contributed by atoms with Gasteiger partial charge in [-0.1, -0.05) is 0 Å². The SMILES string of the molecule is O=[Si]([O-])[O-].[Ca+2].[Zr+2]. The Balaban J connectivity index is -0.0000000450. The van der Waals surface area contributed by atoms with Gasteiger partial charge in [0.1, 0.15) is 0 Å². The van der Waals surface area contributed by atoms with Crippen molar-refractivity contribution < 1.29 is 40.3 Å². The third kappa shape index (κ3) is 42.1. The van der Waals surface area contributed by atoms with E-state index in [9.17, 15) is 0 Å². The van der Waals surface area contributed by atoms with Crippen LogP contribution < -0.4 is 9.59 Å². The van der Waals surface area contributed by atoms with Gasteiger partial charge in [0, 0.05) is 9.17 Å². The fourth-order valence-corrected chi connectivity index (χ4v) is 0. The normalized spacial score (nSPS) is 4.00. The van der Waals surface area contributed by atoms with Gasteiger partial charge >= 0.3 is 63.9 Å². The molecule has 0 aromatic carbocycles. The van der Waals surface area contributed by atoms with Gasteiger partial charge in [-0.3, -0.25) is 0 Å². The van der Waals surface area contributed by atoms with Gasteiger partial charge in [0.15, 0.2) is 0 Å². The van der Waals surface area contributed by atoms with Crippen LogP contribution >= 0.6 is 0 Å². The summed E-state index contributed by atoms with van der Waals surface area (Å²) >= 11 is 0. The molecule has 0 aliphatic rings. The number of hydrogen-bond donors (Lipinski definition) is 0. The van der Waals surface area contributed by atoms with E-state index in [4.69, 9.17) is 14.1 Å². The maximum absolute atomic E-state index is 8.52. The predicted octanol–water partition coefficient (Wildman–Crippen LogP) is -3.26. The molecule has 0 aliphatic carbocycles. The Morgan fingerprint density at radius 1 is 1.33 bits per heavy atom. The fraction of sp³-hybridized carbons (Fsp3) is 0. The summed E-state index contributed by atoms with van der Waals surface area (Å²) in [5, 5.41) is 0. The van der Waals surface area contributed by atoms with Crippen LogP contribution in [-0.2, 0) is 30.7 Å². The molecule has 0 atom stereocenters. The Bertz CT molecular complexity index is 33.8. The van der Waals surface area contributed by atoms with Crippen LogP contribution in [0.3, 0.4) is 0 Å². The Morgan fingerprint density at radius 3 is 1.33 bits per heavy atom. The first kappa shape index (κ1) is 15.7. The molecule has 0 spiro atoms. The molecule has 3 nitrogen and oxygen atoms in total. The number of hydrogen-bond acceptors (Lipinski definition) is 3. The molecular formula is CaO3SiZr+2. The zero-order valence-corrected chi connectivity index (χ0v) is 8.60. The molecule has 0 radical (unpaired) electrons. The minimum atomic E-state index is -3.63. The van der Waals surface area contributed by atoms with Crippen molar-refractivity contribution in [2.75, 3.05) is 0 Å². The molecule has 0 N–H and O–H groups in total. The summed E-state index contributed by atoms with van der Waals surface area (Å²) in [5.41, 5.74) is 0. The number of rotatable bonds is 0. The molecule has 0 unspecified atom stereocenters. The Hall–Kier alpha value is 1.76. The molecule has 6 heteroatoms. The largest absolute Gasteiger partial charge is 2.00 e. The van der Waals surface area contributed by atoms with Crippen LogP contribution in [0, 0.1) is 0 Å². The monoisotopic (exact) mass is 206 g/mol. The first-order chi connectivity index (χ1) is 1.73. The molecular weight excluding hydrogens is 207 g/mol. The van der Waals surface area contributed by atoms with Crippen molar-refractivity contribution in [3.63, 3.8) is 0 Å². The van der Waals surface area contributed by atoms with Crippen molar-refractivity contribution in [3.05, 3.63) is 0 Å². The van der Waals surface area contributed by atoms with E-state index in [-0.39, 0.29) is 63.9 Å². The zero-order valence-electron chi connectivity index (χ0n) is 2.93. The Kier molecular flexibility index (Phi) is 25.8. The molecule has 0 saturated heterocycles. The maximum Gasteiger partial charge on any atom is 2.00 e. The molecule has 26 valence electrons. The summed E-state index contributed by atoms with van der Waals surface area (Å²) in [6, 6.07) is 0. The molecule has 0 bridgehead atoms. The third-order valence-corrected chi connectivity index (χ3v) is 0. The van der Waals surface area contributed by atoms with E-state index >= 15 is 0 Å². The first-order valence-corrected chi connectivity index (χ1v) is 1.84. The minimum absolute atomic E-state index is 0. The van der Waals surface area contributed by atoms with Crippen molar-refractivity contribution in [1.29, 1.82) is 0 Å². The van der Waals surface area contributed by atoms with Crippen molar-refractivity contribution in [3.8, 4) is 0 Å². The molecule has 0 heterocycles. The molecule has 0 aromatic heterocycles. The van der Waals surface area contributed by atoms with Crippen LogP contribution in [-0.4, -0.2) is 46.9 Å². The van der Waals surface area contributed by atoms with Gasteiger partial charge in [0.25, 0.3) is 0 Å². The minimum Gasteiger partial charge on any atom is -0.672 e. The van der Waals surface area contributed by atoms with Crippen LogP contribution in [0.25, 0.3) is 0 Å². The summed E-state index contributed by atoms with van der Waals surface area (Å²) in [7, 11) is -3.63. The van der Waals surface area contributed by atoms with Crippen molar-refractivity contribution in [2.24, 2.45) is 0 Å². The quantitative estimate of drug-likeness (QED) is 0.392. The van der Waals surface area contributed by atoms with Crippen molar-refractivity contribution in [2.45, 2.75) is 0 Å². The molecule has 0 amide bonds. The summed E-state index contributed by atoms with van der Waals surface area (Å²) in [4.78, 5) is 17.0. The van der Waals surface area contributed by atoms with Crippen molar-refractivity contribution in [1.82, 2.24) is 0 Å². The second-order valence-electron chi connectivity index (χ2n) is 0.250. The molecule has 0 rings (SSSR count). The van der Waals surface area contributed by atoms with E-state index < -0.39 is 9.17 Å².